The van der Waals surface area contributed by atoms with E-state index < -0.39 is 22.7 Å². The van der Waals surface area contributed by atoms with E-state index in [4.69, 9.17) is 8.85 Å². The van der Waals surface area contributed by atoms with Gasteiger partial charge in [0.25, 0.3) is 0 Å². The number of nitrogens with zero attached hydrogens (tertiary/aromatic N) is 1. The number of hydrogen-bond donors (Lipinski definition) is 0. The molecule has 1 saturated heterocycles. The highest BCUT2D eigenvalue weighted by Crippen LogP contribution is 2.25. The molecule has 0 aliphatic carbocycles. The third-order valence-electron chi connectivity index (χ3n) is 2.90. The van der Waals surface area contributed by atoms with Crippen molar-refractivity contribution < 1.29 is 18.4 Å². The predicted molar refractivity (Wildman–Crippen MR) is 96.7 cm³/mol. The van der Waals surface area contributed by atoms with Gasteiger partial charge in [-0.15, -0.1) is 0 Å². The minimum Gasteiger partial charge on any atom is -0.518 e. The number of rotatable bonds is 5. The zero-order valence-electron chi connectivity index (χ0n) is 13.7. The van der Waals surface area contributed by atoms with Crippen LogP contribution in [0.15, 0.2) is 0 Å². The Kier molecular flexibility index (Phi) is 6.45. The van der Waals surface area contributed by atoms with Gasteiger partial charge in [-0.1, -0.05) is 22.6 Å². The molecule has 1 heterocycles. The first-order chi connectivity index (χ1) is 9.43. The Bertz CT molecular complexity index is 406. The van der Waals surface area contributed by atoms with E-state index in [9.17, 15) is 9.59 Å². The Labute approximate surface area is 143 Å². The Balaban J connectivity index is 2.83. The molecule has 0 N–H and O–H groups in total. The average Bonchev–Trinajstić information content (AvgIpc) is 2.67. The first kappa shape index (κ1) is 19.1. The van der Waals surface area contributed by atoms with Crippen molar-refractivity contribution in [1.29, 1.82) is 0 Å². The fourth-order valence-electron chi connectivity index (χ4n) is 2.33. The third kappa shape index (κ3) is 6.37. The van der Waals surface area contributed by atoms with E-state index >= 15 is 0 Å². The molecular weight excluding hydrogens is 417 g/mol. The van der Waals surface area contributed by atoms with Crippen molar-refractivity contribution in [2.24, 2.45) is 0 Å². The van der Waals surface area contributed by atoms with Crippen molar-refractivity contribution in [3.05, 3.63) is 0 Å². The van der Waals surface area contributed by atoms with E-state index in [-0.39, 0.29) is 18.0 Å². The highest BCUT2D eigenvalue weighted by molar-refractivity contribution is 14.1. The summed E-state index contributed by atoms with van der Waals surface area (Å²) in [6.07, 6.45) is 0.499. The van der Waals surface area contributed by atoms with E-state index in [1.807, 2.05) is 42.2 Å². The first-order valence-electron chi connectivity index (χ1n) is 7.19. The molecule has 1 aliphatic heterocycles. The summed E-state index contributed by atoms with van der Waals surface area (Å²) in [6.45, 7) is 12.8. The molecule has 5 nitrogen and oxygen atoms in total. The second kappa shape index (κ2) is 7.09. The van der Waals surface area contributed by atoms with Crippen LogP contribution in [0.1, 0.15) is 6.42 Å². The molecule has 122 valence electrons. The van der Waals surface area contributed by atoms with Gasteiger partial charge in [0.1, 0.15) is 6.04 Å². The van der Waals surface area contributed by atoms with Gasteiger partial charge >= 0.3 is 5.97 Å². The Morgan fingerprint density at radius 1 is 1.14 bits per heavy atom. The molecule has 0 radical (unpaired) electrons. The summed E-state index contributed by atoms with van der Waals surface area (Å²) in [5.74, 6) is -0.288. The topological polar surface area (TPSA) is 55.8 Å². The molecule has 0 saturated carbocycles. The lowest BCUT2D eigenvalue weighted by Gasteiger charge is -2.26. The number of likely N-dealkylation sites (tertiary alicyclic amines) is 1. The van der Waals surface area contributed by atoms with E-state index in [1.54, 1.807) is 4.90 Å². The van der Waals surface area contributed by atoms with Crippen LogP contribution in [-0.2, 0) is 18.4 Å². The van der Waals surface area contributed by atoms with Crippen molar-refractivity contribution in [2.45, 2.75) is 57.8 Å². The molecule has 0 aromatic carbocycles. The van der Waals surface area contributed by atoms with Crippen molar-refractivity contribution >= 4 is 51.1 Å². The number of halogens is 1. The van der Waals surface area contributed by atoms with Gasteiger partial charge in [-0.3, -0.25) is 9.59 Å². The molecule has 0 aromatic rings. The van der Waals surface area contributed by atoms with E-state index in [1.165, 1.54) is 0 Å². The number of carbonyl (C=O) groups is 2. The lowest BCUT2D eigenvalue weighted by Crippen LogP contribution is -2.45. The lowest BCUT2D eigenvalue weighted by atomic mass is 10.2. The van der Waals surface area contributed by atoms with E-state index in [0.717, 1.165) is 0 Å². The minimum absolute atomic E-state index is 0.0187. The zero-order chi connectivity index (χ0) is 16.4. The second-order valence-electron chi connectivity index (χ2n) is 7.32. The molecule has 1 rings (SSSR count). The average molecular weight is 443 g/mol. The molecule has 2 atom stereocenters. The molecular formula is C13H26INO4Si2. The Hall–Kier alpha value is 0.0638. The molecule has 8 heteroatoms. The lowest BCUT2D eigenvalue weighted by molar-refractivity contribution is -0.145. The third-order valence-corrected chi connectivity index (χ3v) is 5.40. The molecule has 1 amide bonds. The molecule has 0 aromatic heterocycles. The molecule has 1 fully saturated rings. The number of carbonyl (C=O) groups excluding carboxylic acids is 2. The van der Waals surface area contributed by atoms with Crippen LogP contribution in [0.3, 0.4) is 0 Å². The molecule has 21 heavy (non-hydrogen) atoms. The van der Waals surface area contributed by atoms with Crippen LogP contribution in [-0.4, -0.2) is 56.5 Å². The van der Waals surface area contributed by atoms with Gasteiger partial charge < -0.3 is 13.8 Å². The normalized spacial score (nSPS) is 23.3. The van der Waals surface area contributed by atoms with Crippen molar-refractivity contribution in [1.82, 2.24) is 4.90 Å². The molecule has 0 spiro atoms. The highest BCUT2D eigenvalue weighted by atomic mass is 127. The largest absolute Gasteiger partial charge is 0.518 e. The highest BCUT2D eigenvalue weighted by Gasteiger charge is 2.42. The van der Waals surface area contributed by atoms with Crippen LogP contribution in [0.5, 0.6) is 0 Å². The van der Waals surface area contributed by atoms with Gasteiger partial charge in [-0.05, 0) is 39.3 Å². The minimum atomic E-state index is -1.95. The second-order valence-corrected chi connectivity index (χ2v) is 17.0. The van der Waals surface area contributed by atoms with Crippen LogP contribution in [0.4, 0.5) is 0 Å². The van der Waals surface area contributed by atoms with Crippen LogP contribution in [0.25, 0.3) is 0 Å². The number of hydrogen-bond acceptors (Lipinski definition) is 4. The van der Waals surface area contributed by atoms with Crippen LogP contribution in [0.2, 0.25) is 39.3 Å². The van der Waals surface area contributed by atoms with E-state index in [0.29, 0.717) is 17.4 Å². The van der Waals surface area contributed by atoms with E-state index in [2.05, 4.69) is 19.6 Å². The summed E-state index contributed by atoms with van der Waals surface area (Å²) in [5.41, 5.74) is 0. The maximum atomic E-state index is 12.4. The Morgan fingerprint density at radius 3 is 2.14 bits per heavy atom. The smallest absolute Gasteiger partial charge is 0.315 e. The summed E-state index contributed by atoms with van der Waals surface area (Å²) < 4.78 is 12.0. The van der Waals surface area contributed by atoms with Crippen molar-refractivity contribution in [3.8, 4) is 0 Å². The van der Waals surface area contributed by atoms with Crippen LogP contribution in [0, 0.1) is 0 Å². The van der Waals surface area contributed by atoms with Gasteiger partial charge in [-0.2, -0.15) is 0 Å². The summed E-state index contributed by atoms with van der Waals surface area (Å²) in [5, 5.41) is 0. The molecule has 1 aliphatic rings. The molecule has 0 bridgehead atoms. The quantitative estimate of drug-likeness (QED) is 0.373. The van der Waals surface area contributed by atoms with Crippen molar-refractivity contribution in [2.75, 3.05) is 11.0 Å². The Morgan fingerprint density at radius 2 is 1.71 bits per heavy atom. The summed E-state index contributed by atoms with van der Waals surface area (Å²) in [6, 6.07) is -0.486. The monoisotopic (exact) mass is 443 g/mol. The van der Waals surface area contributed by atoms with Crippen LogP contribution < -0.4 is 0 Å². The zero-order valence-corrected chi connectivity index (χ0v) is 17.9. The van der Waals surface area contributed by atoms with Gasteiger partial charge in [0, 0.05) is 13.0 Å². The fourth-order valence-corrected chi connectivity index (χ4v) is 4.68. The van der Waals surface area contributed by atoms with Gasteiger partial charge in [-0.25, -0.2) is 0 Å². The number of amides is 1. The fraction of sp³-hybridized carbons (Fsp3) is 0.846. The maximum absolute atomic E-state index is 12.4. The molecule has 2 unspecified atom stereocenters. The number of alkyl halides is 1. The summed E-state index contributed by atoms with van der Waals surface area (Å²) in [4.78, 5) is 26.1. The predicted octanol–water partition coefficient (Wildman–Crippen LogP) is 2.62. The van der Waals surface area contributed by atoms with Crippen LogP contribution >= 0.6 is 22.6 Å². The van der Waals surface area contributed by atoms with Crippen molar-refractivity contribution in [3.63, 3.8) is 0 Å². The maximum Gasteiger partial charge on any atom is 0.315 e. The van der Waals surface area contributed by atoms with Gasteiger partial charge in [0.15, 0.2) is 8.32 Å². The summed E-state index contributed by atoms with van der Waals surface area (Å²) >= 11 is 2.03. The van der Waals surface area contributed by atoms with Gasteiger partial charge in [0.2, 0.25) is 14.2 Å². The SMILES string of the molecule is C[Si](C)(C)OC(=O)C1CC(O[Si](C)(C)C)CN1C(=O)CI. The first-order valence-corrected chi connectivity index (χ1v) is 15.5. The summed E-state index contributed by atoms with van der Waals surface area (Å²) in [7, 11) is -3.64. The standard InChI is InChI=1S/C13H26INO4Si2/c1-20(2,3)18-10-7-11(13(17)19-21(4,5)6)15(9-10)12(16)8-14/h10-11H,7-9H2,1-6H3. The van der Waals surface area contributed by atoms with Gasteiger partial charge in [0.05, 0.1) is 10.5 Å².